The summed E-state index contributed by atoms with van der Waals surface area (Å²) < 4.78 is 6.05. The first kappa shape index (κ1) is 5.58. The molecule has 0 aromatic carbocycles. The van der Waals surface area contributed by atoms with Crippen LogP contribution < -0.4 is 0 Å². The number of fused-ring (bicyclic) bond motifs is 2. The first-order valence-electron chi connectivity index (χ1n) is 5.08. The van der Waals surface area contributed by atoms with Gasteiger partial charge >= 0.3 is 0 Å². The highest BCUT2D eigenvalue weighted by atomic mass is 16.6. The Morgan fingerprint density at radius 2 is 1.64 bits per heavy atom. The summed E-state index contributed by atoms with van der Waals surface area (Å²) in [5.41, 5.74) is 0.936. The highest BCUT2D eigenvalue weighted by Crippen LogP contribution is 2.77. The van der Waals surface area contributed by atoms with Crippen LogP contribution in [0.25, 0.3) is 0 Å². The van der Waals surface area contributed by atoms with E-state index in [-0.39, 0.29) is 0 Å². The number of hydrogen-bond donors (Lipinski definition) is 0. The lowest BCUT2D eigenvalue weighted by atomic mass is 9.82. The molecule has 0 N–H and O–H groups in total. The summed E-state index contributed by atoms with van der Waals surface area (Å²) in [5.74, 6) is 1.96. The molecule has 3 saturated carbocycles. The summed E-state index contributed by atoms with van der Waals surface area (Å²) in [6.07, 6.45) is 8.72. The molecule has 1 heteroatoms. The van der Waals surface area contributed by atoms with E-state index in [1.807, 2.05) is 0 Å². The standard InChI is InChI=1S/C10H14O/c1-4-9-7-2-3-8(6-7)10(9,5-1)11-9/h7-8H,1-6H2/t7-,8+,9+,10-. The molecule has 4 aliphatic rings. The maximum absolute atomic E-state index is 6.05. The minimum Gasteiger partial charge on any atom is -0.362 e. The third kappa shape index (κ3) is 0.358. The average molecular weight is 150 g/mol. The van der Waals surface area contributed by atoms with Crippen LogP contribution in [0.15, 0.2) is 0 Å². The molecule has 1 nitrogen and oxygen atoms in total. The Bertz CT molecular complexity index is 215. The second-order valence-electron chi connectivity index (χ2n) is 4.94. The van der Waals surface area contributed by atoms with Crippen LogP contribution >= 0.6 is 0 Å². The summed E-state index contributed by atoms with van der Waals surface area (Å²) in [5, 5.41) is 0. The van der Waals surface area contributed by atoms with E-state index in [2.05, 4.69) is 0 Å². The van der Waals surface area contributed by atoms with Gasteiger partial charge in [0.05, 0.1) is 0 Å². The van der Waals surface area contributed by atoms with Crippen LogP contribution in [-0.4, -0.2) is 11.2 Å². The van der Waals surface area contributed by atoms with Gasteiger partial charge in [-0.25, -0.2) is 0 Å². The number of epoxide rings is 1. The molecule has 2 bridgehead atoms. The Kier molecular flexibility index (Phi) is 0.651. The molecule has 11 heavy (non-hydrogen) atoms. The second-order valence-corrected chi connectivity index (χ2v) is 4.94. The minimum absolute atomic E-state index is 0.468. The monoisotopic (exact) mass is 150 g/mol. The Balaban J connectivity index is 1.91. The van der Waals surface area contributed by atoms with Crippen LogP contribution in [-0.2, 0) is 4.74 Å². The molecular formula is C10H14O. The highest BCUT2D eigenvalue weighted by molar-refractivity contribution is 5.31. The van der Waals surface area contributed by atoms with E-state index in [0.29, 0.717) is 11.2 Å². The Labute approximate surface area is 67.1 Å². The fourth-order valence-corrected chi connectivity index (χ4v) is 4.53. The van der Waals surface area contributed by atoms with Gasteiger partial charge in [0.1, 0.15) is 11.2 Å². The van der Waals surface area contributed by atoms with Gasteiger partial charge in [-0.15, -0.1) is 0 Å². The summed E-state index contributed by atoms with van der Waals surface area (Å²) in [6.45, 7) is 0. The molecule has 0 aromatic rings. The molecule has 0 unspecified atom stereocenters. The molecule has 3 aliphatic carbocycles. The Morgan fingerprint density at radius 3 is 2.27 bits per heavy atom. The van der Waals surface area contributed by atoms with Crippen molar-refractivity contribution in [2.45, 2.75) is 49.7 Å². The Hall–Kier alpha value is -0.0400. The van der Waals surface area contributed by atoms with E-state index in [1.54, 1.807) is 0 Å². The molecule has 4 rings (SSSR count). The largest absolute Gasteiger partial charge is 0.362 e. The predicted octanol–water partition coefficient (Wildman–Crippen LogP) is 2.11. The minimum atomic E-state index is 0.468. The number of ether oxygens (including phenoxy) is 1. The van der Waals surface area contributed by atoms with Crippen molar-refractivity contribution < 1.29 is 4.74 Å². The van der Waals surface area contributed by atoms with E-state index < -0.39 is 0 Å². The SMILES string of the molecule is C1C[C@@]23O[C@]2(C1)[C@H]1CC[C@@H]3C1. The summed E-state index contributed by atoms with van der Waals surface area (Å²) >= 11 is 0. The van der Waals surface area contributed by atoms with Crippen LogP contribution in [0.5, 0.6) is 0 Å². The third-order valence-electron chi connectivity index (χ3n) is 4.89. The third-order valence-corrected chi connectivity index (χ3v) is 4.89. The second kappa shape index (κ2) is 1.28. The van der Waals surface area contributed by atoms with Crippen molar-refractivity contribution in [3.8, 4) is 0 Å². The average Bonchev–Trinajstić information content (AvgIpc) is 2.44. The smallest absolute Gasteiger partial charge is 0.101 e. The van der Waals surface area contributed by atoms with Gasteiger partial charge in [-0.3, -0.25) is 0 Å². The lowest BCUT2D eigenvalue weighted by molar-refractivity contribution is 0.130. The quantitative estimate of drug-likeness (QED) is 0.482. The summed E-state index contributed by atoms with van der Waals surface area (Å²) in [4.78, 5) is 0. The van der Waals surface area contributed by atoms with Crippen molar-refractivity contribution in [1.29, 1.82) is 0 Å². The molecule has 60 valence electrons. The van der Waals surface area contributed by atoms with Crippen LogP contribution in [0, 0.1) is 11.8 Å². The van der Waals surface area contributed by atoms with Crippen molar-refractivity contribution >= 4 is 0 Å². The van der Waals surface area contributed by atoms with Crippen LogP contribution in [0.2, 0.25) is 0 Å². The van der Waals surface area contributed by atoms with Gasteiger partial charge in [0, 0.05) is 0 Å². The molecule has 1 heterocycles. The van der Waals surface area contributed by atoms with Gasteiger partial charge < -0.3 is 4.74 Å². The van der Waals surface area contributed by atoms with Crippen molar-refractivity contribution in [2.24, 2.45) is 11.8 Å². The number of rotatable bonds is 0. The molecule has 1 aliphatic heterocycles. The fraction of sp³-hybridized carbons (Fsp3) is 1.00. The van der Waals surface area contributed by atoms with Crippen molar-refractivity contribution in [1.82, 2.24) is 0 Å². The van der Waals surface area contributed by atoms with E-state index >= 15 is 0 Å². The molecule has 1 saturated heterocycles. The lowest BCUT2D eigenvalue weighted by Crippen LogP contribution is -2.26. The zero-order valence-electron chi connectivity index (χ0n) is 6.81. The summed E-state index contributed by atoms with van der Waals surface area (Å²) in [7, 11) is 0. The predicted molar refractivity (Wildman–Crippen MR) is 41.2 cm³/mol. The molecule has 4 fully saturated rings. The molecule has 0 aromatic heterocycles. The van der Waals surface area contributed by atoms with Crippen molar-refractivity contribution in [3.63, 3.8) is 0 Å². The van der Waals surface area contributed by atoms with E-state index in [4.69, 9.17) is 4.74 Å². The van der Waals surface area contributed by atoms with Gasteiger partial charge in [-0.2, -0.15) is 0 Å². The normalized spacial score (nSPS) is 69.8. The lowest BCUT2D eigenvalue weighted by Gasteiger charge is -2.16. The first-order chi connectivity index (χ1) is 5.37. The van der Waals surface area contributed by atoms with Gasteiger partial charge in [0.25, 0.3) is 0 Å². The van der Waals surface area contributed by atoms with E-state index in [1.165, 1.54) is 38.5 Å². The summed E-state index contributed by atoms with van der Waals surface area (Å²) in [6, 6.07) is 0. The highest BCUT2D eigenvalue weighted by Gasteiger charge is 2.83. The molecule has 0 amide bonds. The van der Waals surface area contributed by atoms with E-state index in [0.717, 1.165) is 11.8 Å². The first-order valence-corrected chi connectivity index (χ1v) is 5.08. The van der Waals surface area contributed by atoms with Gasteiger partial charge in [0.2, 0.25) is 0 Å². The fourth-order valence-electron chi connectivity index (χ4n) is 4.53. The van der Waals surface area contributed by atoms with Crippen LogP contribution in [0.3, 0.4) is 0 Å². The van der Waals surface area contributed by atoms with Crippen molar-refractivity contribution in [2.75, 3.05) is 0 Å². The van der Waals surface area contributed by atoms with Gasteiger partial charge in [-0.05, 0) is 50.4 Å². The number of hydrogen-bond acceptors (Lipinski definition) is 1. The Morgan fingerprint density at radius 1 is 1.00 bits per heavy atom. The zero-order chi connectivity index (χ0) is 7.10. The molecule has 4 atom stereocenters. The van der Waals surface area contributed by atoms with Gasteiger partial charge in [-0.1, -0.05) is 0 Å². The molecular weight excluding hydrogens is 136 g/mol. The van der Waals surface area contributed by atoms with Crippen molar-refractivity contribution in [3.05, 3.63) is 0 Å². The zero-order valence-corrected chi connectivity index (χ0v) is 6.81. The maximum atomic E-state index is 6.05. The van der Waals surface area contributed by atoms with Gasteiger partial charge in [0.15, 0.2) is 0 Å². The molecule has 0 spiro atoms. The van der Waals surface area contributed by atoms with E-state index in [9.17, 15) is 0 Å². The maximum Gasteiger partial charge on any atom is 0.101 e. The topological polar surface area (TPSA) is 12.5 Å². The van der Waals surface area contributed by atoms with Crippen LogP contribution in [0.4, 0.5) is 0 Å². The van der Waals surface area contributed by atoms with Crippen LogP contribution in [0.1, 0.15) is 38.5 Å². The molecule has 0 radical (unpaired) electrons.